The van der Waals surface area contributed by atoms with Crippen LogP contribution in [0.5, 0.6) is 0 Å². The Labute approximate surface area is 244 Å². The number of rotatable bonds is 7. The van der Waals surface area contributed by atoms with E-state index in [1.54, 1.807) is 47.4 Å². The molecule has 40 heavy (non-hydrogen) atoms. The molecule has 5 rings (SSSR count). The number of hydroxylamine groups is 1. The number of hydrogen-bond donors (Lipinski definition) is 2. The number of halogens is 2. The summed E-state index contributed by atoms with van der Waals surface area (Å²) in [5.74, 6) is -1.48. The van der Waals surface area contributed by atoms with Gasteiger partial charge in [0.05, 0.1) is 18.6 Å². The van der Waals surface area contributed by atoms with Crippen molar-refractivity contribution in [2.24, 2.45) is 0 Å². The minimum absolute atomic E-state index is 0.172. The lowest BCUT2D eigenvalue weighted by Gasteiger charge is -2.47. The highest BCUT2D eigenvalue weighted by molar-refractivity contribution is 7.94. The summed E-state index contributed by atoms with van der Waals surface area (Å²) >= 11 is 12.9. The maximum absolute atomic E-state index is 14.1. The van der Waals surface area contributed by atoms with E-state index in [9.17, 15) is 18.4 Å². The van der Waals surface area contributed by atoms with E-state index in [0.717, 1.165) is 5.56 Å². The molecule has 1 saturated heterocycles. The molecule has 0 aromatic heterocycles. The molecule has 3 atom stereocenters. The van der Waals surface area contributed by atoms with Crippen molar-refractivity contribution in [2.45, 2.75) is 37.5 Å². The first-order valence-electron chi connectivity index (χ1n) is 12.9. The van der Waals surface area contributed by atoms with Gasteiger partial charge in [0.25, 0.3) is 22.2 Å². The van der Waals surface area contributed by atoms with Crippen molar-refractivity contribution < 1.29 is 23.2 Å². The first kappa shape index (κ1) is 28.7. The summed E-state index contributed by atoms with van der Waals surface area (Å²) < 4.78 is 23.9. The van der Waals surface area contributed by atoms with Crippen LogP contribution in [0.15, 0.2) is 72.8 Å². The van der Waals surface area contributed by atoms with Crippen molar-refractivity contribution in [1.29, 1.82) is 0 Å². The Hall–Kier alpha value is -2.79. The molecule has 2 N–H and O–H groups in total. The quantitative estimate of drug-likeness (QED) is 0.275. The molecule has 2 aliphatic rings. The molecule has 2 amide bonds. The van der Waals surface area contributed by atoms with Crippen molar-refractivity contribution in [3.8, 4) is 0 Å². The van der Waals surface area contributed by atoms with Gasteiger partial charge in [-0.3, -0.25) is 14.4 Å². The number of carbonyl (C=O) groups is 2. The minimum Gasteiger partial charge on any atom is -0.327 e. The van der Waals surface area contributed by atoms with E-state index in [1.807, 2.05) is 30.3 Å². The predicted octanol–water partition coefficient (Wildman–Crippen LogP) is 5.50. The number of nitrogens with zero attached hydrogens (tertiary/aromatic N) is 2. The summed E-state index contributed by atoms with van der Waals surface area (Å²) in [6, 6.07) is 20.5. The number of nitrogens with one attached hydrogen (secondary N) is 1. The Morgan fingerprint density at radius 1 is 1.02 bits per heavy atom. The molecule has 2 heterocycles. The Morgan fingerprint density at radius 3 is 2.38 bits per heavy atom. The topological polar surface area (TPSA) is 99.2 Å². The summed E-state index contributed by atoms with van der Waals surface area (Å²) in [7, 11) is -3.11. The van der Waals surface area contributed by atoms with Crippen LogP contribution in [0.2, 0.25) is 10.0 Å². The van der Waals surface area contributed by atoms with E-state index in [2.05, 4.69) is 5.48 Å². The molecule has 210 valence electrons. The summed E-state index contributed by atoms with van der Waals surface area (Å²) in [5, 5.41) is 0.769. The van der Waals surface area contributed by atoms with Gasteiger partial charge in [0.15, 0.2) is 6.26 Å². The highest BCUT2D eigenvalue weighted by atomic mass is 35.5. The van der Waals surface area contributed by atoms with Crippen LogP contribution in [0.1, 0.15) is 51.8 Å². The van der Waals surface area contributed by atoms with Crippen molar-refractivity contribution in [2.75, 3.05) is 19.3 Å². The molecule has 8 nitrogen and oxygen atoms in total. The van der Waals surface area contributed by atoms with Crippen molar-refractivity contribution in [1.82, 2.24) is 14.7 Å². The molecule has 0 spiro atoms. The number of fused-ring (bicyclic) bond motifs is 1. The largest absolute Gasteiger partial charge is 0.327 e. The third-order valence-electron chi connectivity index (χ3n) is 7.49. The van der Waals surface area contributed by atoms with Gasteiger partial charge in [-0.05, 0) is 51.9 Å². The fourth-order valence-electron chi connectivity index (χ4n) is 5.59. The monoisotopic (exact) mass is 602 g/mol. The predicted molar refractivity (Wildman–Crippen MR) is 155 cm³/mol. The second-order valence-corrected chi connectivity index (χ2v) is 12.9. The van der Waals surface area contributed by atoms with Crippen LogP contribution in [0.4, 0.5) is 0 Å². The molecule has 0 aliphatic carbocycles. The number of piperidine rings is 1. The molecule has 0 radical (unpaired) electrons. The Bertz CT molecular complexity index is 1440. The summed E-state index contributed by atoms with van der Waals surface area (Å²) in [6.45, 7) is 0.839. The fraction of sp³-hybridized carbons (Fsp3) is 0.310. The molecule has 1 fully saturated rings. The van der Waals surface area contributed by atoms with Crippen LogP contribution in [0.25, 0.3) is 0 Å². The van der Waals surface area contributed by atoms with Crippen LogP contribution < -0.4 is 5.48 Å². The maximum atomic E-state index is 14.1. The lowest BCUT2D eigenvalue weighted by atomic mass is 9.78. The first-order chi connectivity index (χ1) is 19.1. The van der Waals surface area contributed by atoms with Gasteiger partial charge in [-0.1, -0.05) is 82.1 Å². The number of benzene rings is 3. The first-order valence-corrected chi connectivity index (χ1v) is 15.6. The van der Waals surface area contributed by atoms with Gasteiger partial charge in [0.1, 0.15) is 0 Å². The van der Waals surface area contributed by atoms with E-state index in [1.165, 1.54) is 10.6 Å². The highest BCUT2D eigenvalue weighted by Gasteiger charge is 2.48. The zero-order chi connectivity index (χ0) is 28.4. The molecule has 1 unspecified atom stereocenters. The second kappa shape index (κ2) is 12.0. The number of amides is 2. The normalized spacial score (nSPS) is 21.5. The molecule has 0 bridgehead atoms. The van der Waals surface area contributed by atoms with Gasteiger partial charge in [-0.15, -0.1) is 0 Å². The van der Waals surface area contributed by atoms with E-state index in [0.29, 0.717) is 52.7 Å². The van der Waals surface area contributed by atoms with Crippen molar-refractivity contribution in [3.05, 3.63) is 105 Å². The number of hydrogen-bond acceptors (Lipinski definition) is 4. The molecule has 2 aliphatic heterocycles. The second-order valence-electron chi connectivity index (χ2n) is 10.1. The van der Waals surface area contributed by atoms with Gasteiger partial charge in [0.2, 0.25) is 0 Å². The van der Waals surface area contributed by atoms with Crippen molar-refractivity contribution in [3.63, 3.8) is 0 Å². The maximum Gasteiger partial charge on any atom is 0.288 e. The molecule has 3 aromatic rings. The van der Waals surface area contributed by atoms with E-state index in [-0.39, 0.29) is 18.6 Å². The lowest BCUT2D eigenvalue weighted by molar-refractivity contribution is -0.138. The van der Waals surface area contributed by atoms with Crippen LogP contribution in [-0.2, 0) is 30.8 Å². The van der Waals surface area contributed by atoms with E-state index >= 15 is 0 Å². The van der Waals surface area contributed by atoms with Gasteiger partial charge in [-0.2, -0.15) is 4.55 Å². The molecular formula is C29H30Cl2N3O5S+. The zero-order valence-corrected chi connectivity index (χ0v) is 24.2. The SMILES string of the molecule is C[S+](=O)(O)N1CCC(N2C(=O)c3ccccc3[C@@H](C(=O)NOCc3ccccc3)[C@@H]2c2ccc(Cl)cc2Cl)CC1. The van der Waals surface area contributed by atoms with Gasteiger partial charge in [0, 0.05) is 34.7 Å². The van der Waals surface area contributed by atoms with E-state index < -0.39 is 28.3 Å². The molecule has 11 heteroatoms. The van der Waals surface area contributed by atoms with Gasteiger partial charge >= 0.3 is 0 Å². The fourth-order valence-corrected chi connectivity index (χ4v) is 7.00. The summed E-state index contributed by atoms with van der Waals surface area (Å²) in [4.78, 5) is 35.4. The summed E-state index contributed by atoms with van der Waals surface area (Å²) in [5.41, 5.74) is 5.09. The lowest BCUT2D eigenvalue weighted by Crippen LogP contribution is -2.55. The minimum atomic E-state index is -3.11. The van der Waals surface area contributed by atoms with E-state index in [4.69, 9.17) is 28.0 Å². The van der Waals surface area contributed by atoms with Crippen LogP contribution in [0, 0.1) is 0 Å². The Morgan fingerprint density at radius 2 is 1.70 bits per heavy atom. The third kappa shape index (κ3) is 5.95. The van der Waals surface area contributed by atoms with Crippen LogP contribution in [0.3, 0.4) is 0 Å². The van der Waals surface area contributed by atoms with Crippen LogP contribution in [-0.4, -0.2) is 51.0 Å². The standard InChI is InChI=1S/C29H29Cl2N3O5S/c1-40(37,38)33-15-13-21(14-16-33)34-27(24-12-11-20(30)17-25(24)31)26(22-9-5-6-10-23(22)29(34)36)28(35)32-39-18-19-7-3-2-4-8-19/h2-12,17,21,26-27H,13-16,18H2,1H3,(H-,32,35,37,38)/p+1/t26-,27+/m1/s1. The van der Waals surface area contributed by atoms with Gasteiger partial charge in [-0.25, -0.2) is 5.48 Å². The zero-order valence-electron chi connectivity index (χ0n) is 21.8. The smallest absolute Gasteiger partial charge is 0.288 e. The third-order valence-corrected chi connectivity index (χ3v) is 9.38. The van der Waals surface area contributed by atoms with Crippen LogP contribution >= 0.6 is 23.2 Å². The summed E-state index contributed by atoms with van der Waals surface area (Å²) in [6.07, 6.45) is 2.21. The average molecular weight is 604 g/mol. The highest BCUT2D eigenvalue weighted by Crippen LogP contribution is 2.47. The van der Waals surface area contributed by atoms with Crippen molar-refractivity contribution >= 4 is 45.4 Å². The number of carbonyl (C=O) groups excluding carboxylic acids is 2. The average Bonchev–Trinajstić information content (AvgIpc) is 2.93. The Balaban J connectivity index is 1.53. The van der Waals surface area contributed by atoms with Gasteiger partial charge < -0.3 is 4.90 Å². The molecule has 0 saturated carbocycles. The molecular weight excluding hydrogens is 573 g/mol. The molecule has 3 aromatic carbocycles. The Kier molecular flexibility index (Phi) is 8.61.